The molecule has 1 N–H and O–H groups in total. The van der Waals surface area contributed by atoms with Gasteiger partial charge in [-0.2, -0.15) is 13.2 Å². The lowest BCUT2D eigenvalue weighted by atomic mass is 9.86. The van der Waals surface area contributed by atoms with Gasteiger partial charge in [-0.3, -0.25) is 0 Å². The number of carbonyl (C=O) groups excluding carboxylic acids is 1. The van der Waals surface area contributed by atoms with E-state index in [1.54, 1.807) is 23.2 Å². The number of likely N-dealkylation sites (tertiary alicyclic amines) is 1. The lowest BCUT2D eigenvalue weighted by molar-refractivity contribution is -0.137. The predicted octanol–water partition coefficient (Wildman–Crippen LogP) is 7.22. The first-order chi connectivity index (χ1) is 20.7. The zero-order valence-corrected chi connectivity index (χ0v) is 24.4. The zero-order chi connectivity index (χ0) is 31.4. The van der Waals surface area contributed by atoms with E-state index in [1.807, 2.05) is 32.9 Å². The Morgan fingerprint density at radius 2 is 1.64 bits per heavy atom. The third-order valence-electron chi connectivity index (χ3n) is 8.38. The molecule has 1 aliphatic heterocycles. The monoisotopic (exact) mass is 604 g/mol. The van der Waals surface area contributed by atoms with Gasteiger partial charge in [-0.1, -0.05) is 41.6 Å². The van der Waals surface area contributed by atoms with Crippen LogP contribution < -0.4 is 0 Å². The number of ether oxygens (including phenoxy) is 1. The molecular formula is C33H31F3N4O4. The highest BCUT2D eigenvalue weighted by Crippen LogP contribution is 2.59. The number of rotatable bonds is 5. The summed E-state index contributed by atoms with van der Waals surface area (Å²) in [5.41, 5.74) is 2.72. The number of piperidine rings is 1. The number of alkyl halides is 3. The van der Waals surface area contributed by atoms with Crippen LogP contribution in [-0.4, -0.2) is 55.8 Å². The number of carboxylic acid groups (broad SMARTS) is 1. The van der Waals surface area contributed by atoms with E-state index in [1.165, 1.54) is 28.4 Å². The number of hydrogen-bond acceptors (Lipinski definition) is 5. The highest BCUT2D eigenvalue weighted by molar-refractivity contribution is 5.90. The molecule has 44 heavy (non-hydrogen) atoms. The van der Waals surface area contributed by atoms with E-state index in [2.05, 4.69) is 22.4 Å². The van der Waals surface area contributed by atoms with Gasteiger partial charge in [0.25, 0.3) is 0 Å². The second kappa shape index (κ2) is 10.5. The van der Waals surface area contributed by atoms with Crippen molar-refractivity contribution in [3.8, 4) is 28.1 Å². The van der Waals surface area contributed by atoms with Gasteiger partial charge in [0.05, 0.1) is 23.0 Å². The van der Waals surface area contributed by atoms with Gasteiger partial charge in [0, 0.05) is 24.1 Å². The van der Waals surface area contributed by atoms with E-state index in [9.17, 15) is 27.9 Å². The zero-order valence-electron chi connectivity index (χ0n) is 24.4. The molecule has 1 aromatic heterocycles. The SMILES string of the molecule is CC(C)(C)OC(=O)N1CCC2(c3ccc(-c4cc(C(=O)O)cc(-n5cc(-c6ccc(C(F)(F)F)cc6)nn5)c4)cc3)CC2C1. The predicted molar refractivity (Wildman–Crippen MR) is 156 cm³/mol. The van der Waals surface area contributed by atoms with Crippen LogP contribution in [0.2, 0.25) is 0 Å². The van der Waals surface area contributed by atoms with Crippen molar-refractivity contribution in [1.82, 2.24) is 19.9 Å². The summed E-state index contributed by atoms with van der Waals surface area (Å²) in [5.74, 6) is -0.744. The maximum absolute atomic E-state index is 13.0. The Hall–Kier alpha value is -4.67. The van der Waals surface area contributed by atoms with Crippen LogP contribution in [0.3, 0.4) is 0 Å². The molecule has 1 saturated carbocycles. The number of benzene rings is 3. The van der Waals surface area contributed by atoms with E-state index in [0.717, 1.165) is 30.5 Å². The third-order valence-corrected chi connectivity index (χ3v) is 8.38. The van der Waals surface area contributed by atoms with Gasteiger partial charge in [-0.05, 0) is 86.6 Å². The van der Waals surface area contributed by atoms with Gasteiger partial charge in [0.1, 0.15) is 11.3 Å². The van der Waals surface area contributed by atoms with Gasteiger partial charge in [0.15, 0.2) is 0 Å². The van der Waals surface area contributed by atoms with Gasteiger partial charge < -0.3 is 14.7 Å². The minimum Gasteiger partial charge on any atom is -0.478 e. The molecule has 1 amide bonds. The summed E-state index contributed by atoms with van der Waals surface area (Å²) in [6, 6.07) is 17.6. The van der Waals surface area contributed by atoms with Gasteiger partial charge in [0.2, 0.25) is 0 Å². The summed E-state index contributed by atoms with van der Waals surface area (Å²) in [6.45, 7) is 6.87. The quantitative estimate of drug-likeness (QED) is 0.258. The molecule has 1 saturated heterocycles. The number of fused-ring (bicyclic) bond motifs is 1. The molecule has 0 radical (unpaired) electrons. The molecule has 3 aromatic carbocycles. The minimum absolute atomic E-state index is 0.0283. The fourth-order valence-corrected chi connectivity index (χ4v) is 5.99. The smallest absolute Gasteiger partial charge is 0.416 e. The van der Waals surface area contributed by atoms with Gasteiger partial charge in [-0.15, -0.1) is 5.10 Å². The summed E-state index contributed by atoms with van der Waals surface area (Å²) in [5, 5.41) is 18.0. The standard InChI is InChI=1S/C33H31F3N4O4/c1-31(2,3)44-30(43)39-13-12-32(17-26(32)18-39)24-8-4-20(5-9-24)22-14-23(29(41)42)16-27(15-22)40-19-28(37-38-40)21-6-10-25(11-7-21)33(34,35)36/h4-11,14-16,19,26H,12-13,17-18H2,1-3H3,(H,41,42). The van der Waals surface area contributed by atoms with Crippen molar-refractivity contribution < 1.29 is 32.6 Å². The molecule has 6 rings (SSSR count). The van der Waals surface area contributed by atoms with E-state index < -0.39 is 23.3 Å². The highest BCUT2D eigenvalue weighted by Gasteiger charge is 2.58. The van der Waals surface area contributed by atoms with Crippen LogP contribution >= 0.6 is 0 Å². The molecule has 2 unspecified atom stereocenters. The number of halogens is 3. The normalized spacial score (nSPS) is 19.8. The first-order valence-corrected chi connectivity index (χ1v) is 14.3. The van der Waals surface area contributed by atoms with Gasteiger partial charge >= 0.3 is 18.2 Å². The Balaban J connectivity index is 1.22. The molecule has 0 bridgehead atoms. The van der Waals surface area contributed by atoms with Crippen LogP contribution in [0.4, 0.5) is 18.0 Å². The van der Waals surface area contributed by atoms with Crippen molar-refractivity contribution >= 4 is 12.1 Å². The van der Waals surface area contributed by atoms with Crippen LogP contribution in [0.15, 0.2) is 72.9 Å². The molecule has 2 fully saturated rings. The summed E-state index contributed by atoms with van der Waals surface area (Å²) in [6.07, 6.45) is -1.32. The van der Waals surface area contributed by atoms with E-state index >= 15 is 0 Å². The Kier molecular flexibility index (Phi) is 7.02. The van der Waals surface area contributed by atoms with E-state index in [-0.39, 0.29) is 17.1 Å². The Morgan fingerprint density at radius 3 is 2.25 bits per heavy atom. The Morgan fingerprint density at radius 1 is 0.955 bits per heavy atom. The number of aromatic nitrogens is 3. The van der Waals surface area contributed by atoms with Crippen LogP contribution in [0.25, 0.3) is 28.1 Å². The van der Waals surface area contributed by atoms with Crippen LogP contribution in [0, 0.1) is 5.92 Å². The molecule has 0 spiro atoms. The maximum Gasteiger partial charge on any atom is 0.416 e. The second-order valence-corrected chi connectivity index (χ2v) is 12.5. The molecule has 228 valence electrons. The molecule has 11 heteroatoms. The largest absolute Gasteiger partial charge is 0.478 e. The van der Waals surface area contributed by atoms with Crippen molar-refractivity contribution in [3.05, 3.63) is 89.6 Å². The van der Waals surface area contributed by atoms with E-state index in [0.29, 0.717) is 41.5 Å². The molecule has 4 aromatic rings. The molecule has 2 heterocycles. The fraction of sp³-hybridized carbons (Fsp3) is 0.333. The van der Waals surface area contributed by atoms with Gasteiger partial charge in [-0.25, -0.2) is 14.3 Å². The molecule has 1 aliphatic carbocycles. The fourth-order valence-electron chi connectivity index (χ4n) is 5.99. The second-order valence-electron chi connectivity index (χ2n) is 12.5. The van der Waals surface area contributed by atoms with Crippen molar-refractivity contribution in [2.75, 3.05) is 13.1 Å². The molecular weight excluding hydrogens is 573 g/mol. The summed E-state index contributed by atoms with van der Waals surface area (Å²) >= 11 is 0. The van der Waals surface area contributed by atoms with Crippen LogP contribution in [0.5, 0.6) is 0 Å². The van der Waals surface area contributed by atoms with E-state index in [4.69, 9.17) is 4.74 Å². The summed E-state index contributed by atoms with van der Waals surface area (Å²) < 4.78 is 45.8. The van der Waals surface area contributed by atoms with Crippen molar-refractivity contribution in [1.29, 1.82) is 0 Å². The Bertz CT molecular complexity index is 1730. The molecule has 2 atom stereocenters. The number of nitrogens with zero attached hydrogens (tertiary/aromatic N) is 4. The number of aromatic carboxylic acids is 1. The lowest BCUT2D eigenvalue weighted by Gasteiger charge is -2.33. The molecule has 2 aliphatic rings. The van der Waals surface area contributed by atoms with Crippen molar-refractivity contribution in [2.45, 2.75) is 50.8 Å². The number of hydrogen-bond donors (Lipinski definition) is 1. The highest BCUT2D eigenvalue weighted by atomic mass is 19.4. The number of amides is 1. The first kappa shape index (κ1) is 29.4. The van der Waals surface area contributed by atoms with Crippen LogP contribution in [0.1, 0.15) is 55.1 Å². The maximum atomic E-state index is 13.0. The average molecular weight is 605 g/mol. The van der Waals surface area contributed by atoms with Crippen molar-refractivity contribution in [3.63, 3.8) is 0 Å². The molecule has 8 nitrogen and oxygen atoms in total. The lowest BCUT2D eigenvalue weighted by Crippen LogP contribution is -2.43. The summed E-state index contributed by atoms with van der Waals surface area (Å²) in [7, 11) is 0. The summed E-state index contributed by atoms with van der Waals surface area (Å²) in [4.78, 5) is 26.3. The topological polar surface area (TPSA) is 97.6 Å². The number of carbonyl (C=O) groups is 2. The minimum atomic E-state index is -4.44. The first-order valence-electron chi connectivity index (χ1n) is 14.3. The average Bonchev–Trinajstić information content (AvgIpc) is 3.51. The Labute approximate surface area is 252 Å². The van der Waals surface area contributed by atoms with Crippen molar-refractivity contribution in [2.24, 2.45) is 5.92 Å². The van der Waals surface area contributed by atoms with Crippen LogP contribution in [-0.2, 0) is 16.3 Å². The number of carboxylic acids is 1. The third kappa shape index (κ3) is 5.78.